The summed E-state index contributed by atoms with van der Waals surface area (Å²) in [7, 11) is 1.23. The standard InChI is InChI=1S/C35H36N8O4/c1-35(2,3)20-28-36-32-30(33(45)43(22-29(44)47-4)34(46)41(32)19-18-23-10-6-5-7-11-23)42(28)21-24-14-16-25(17-15-24)26-12-8-9-13-27(26)31-37-39-40-38-31/h5-17H,18-22H2,1-4H3,(H,37,38,39,40). The van der Waals surface area contributed by atoms with Crippen molar-refractivity contribution in [2.75, 3.05) is 7.11 Å². The second-order valence-corrected chi connectivity index (χ2v) is 12.6. The van der Waals surface area contributed by atoms with Gasteiger partial charge in [0.05, 0.1) is 7.11 Å². The fourth-order valence-electron chi connectivity index (χ4n) is 5.71. The molecule has 1 N–H and O–H groups in total. The van der Waals surface area contributed by atoms with Gasteiger partial charge in [-0.15, -0.1) is 10.2 Å². The molecule has 3 aromatic carbocycles. The second kappa shape index (κ2) is 13.0. The Morgan fingerprint density at radius 1 is 0.851 bits per heavy atom. The summed E-state index contributed by atoms with van der Waals surface area (Å²) < 4.78 is 9.19. The maximum absolute atomic E-state index is 14.1. The van der Waals surface area contributed by atoms with Crippen molar-refractivity contribution in [2.45, 2.75) is 53.2 Å². The van der Waals surface area contributed by atoms with Crippen LogP contribution < -0.4 is 11.2 Å². The molecule has 0 fully saturated rings. The summed E-state index contributed by atoms with van der Waals surface area (Å²) in [6.45, 7) is 6.42. The average molecular weight is 633 g/mol. The highest BCUT2D eigenvalue weighted by Gasteiger charge is 2.25. The van der Waals surface area contributed by atoms with E-state index in [1.165, 1.54) is 11.7 Å². The topological polar surface area (TPSA) is 143 Å². The summed E-state index contributed by atoms with van der Waals surface area (Å²) in [5.41, 5.74) is 3.97. The number of nitrogens with zero attached hydrogens (tertiary/aromatic N) is 7. The predicted octanol–water partition coefficient (Wildman–Crippen LogP) is 4.26. The SMILES string of the molecule is COC(=O)Cn1c(=O)c2c(nc(CC(C)(C)C)n2Cc2ccc(-c3ccccc3-c3nn[nH]n3)cc2)n(CCc2ccccc2)c1=O. The van der Waals surface area contributed by atoms with Crippen LogP contribution in [-0.2, 0) is 42.0 Å². The third kappa shape index (κ3) is 6.67. The van der Waals surface area contributed by atoms with E-state index in [0.717, 1.165) is 32.4 Å². The lowest BCUT2D eigenvalue weighted by Crippen LogP contribution is -2.42. The van der Waals surface area contributed by atoms with Gasteiger partial charge in [-0.3, -0.25) is 14.2 Å². The molecule has 0 amide bonds. The number of nitrogens with one attached hydrogen (secondary N) is 1. The number of rotatable bonds is 10. The summed E-state index contributed by atoms with van der Waals surface area (Å²) in [4.78, 5) is 45.2. The second-order valence-electron chi connectivity index (χ2n) is 12.6. The molecule has 0 unspecified atom stereocenters. The molecule has 6 rings (SSSR count). The number of benzene rings is 3. The number of fused-ring (bicyclic) bond motifs is 1. The molecule has 12 heteroatoms. The fourth-order valence-corrected chi connectivity index (χ4v) is 5.71. The predicted molar refractivity (Wildman–Crippen MR) is 178 cm³/mol. The van der Waals surface area contributed by atoms with Crippen molar-refractivity contribution < 1.29 is 9.53 Å². The molecular weight excluding hydrogens is 596 g/mol. The van der Waals surface area contributed by atoms with Crippen LogP contribution in [0.1, 0.15) is 37.7 Å². The van der Waals surface area contributed by atoms with Gasteiger partial charge >= 0.3 is 11.7 Å². The zero-order valence-electron chi connectivity index (χ0n) is 26.8. The highest BCUT2D eigenvalue weighted by atomic mass is 16.5. The number of tetrazole rings is 1. The lowest BCUT2D eigenvalue weighted by Gasteiger charge is -2.19. The Kier molecular flexibility index (Phi) is 8.66. The first-order chi connectivity index (χ1) is 22.6. The van der Waals surface area contributed by atoms with Gasteiger partial charge in [0.1, 0.15) is 12.4 Å². The summed E-state index contributed by atoms with van der Waals surface area (Å²) in [6.07, 6.45) is 1.10. The summed E-state index contributed by atoms with van der Waals surface area (Å²) in [6, 6.07) is 25.7. The van der Waals surface area contributed by atoms with Crippen molar-refractivity contribution in [3.8, 4) is 22.5 Å². The van der Waals surface area contributed by atoms with Gasteiger partial charge in [0.25, 0.3) is 5.56 Å². The summed E-state index contributed by atoms with van der Waals surface area (Å²) >= 11 is 0. The molecular formula is C35H36N8O4. The van der Waals surface area contributed by atoms with Crippen LogP contribution in [0.5, 0.6) is 0 Å². The molecule has 0 atom stereocenters. The normalized spacial score (nSPS) is 11.7. The van der Waals surface area contributed by atoms with Crippen molar-refractivity contribution in [1.82, 2.24) is 39.3 Å². The maximum atomic E-state index is 14.1. The minimum Gasteiger partial charge on any atom is -0.468 e. The Hall–Kier alpha value is -5.65. The maximum Gasteiger partial charge on any atom is 0.333 e. The Balaban J connectivity index is 1.46. The number of methoxy groups -OCH3 is 1. The van der Waals surface area contributed by atoms with E-state index >= 15 is 0 Å². The van der Waals surface area contributed by atoms with E-state index < -0.39 is 23.8 Å². The van der Waals surface area contributed by atoms with Gasteiger partial charge < -0.3 is 9.30 Å². The van der Waals surface area contributed by atoms with Crippen LogP contribution in [0.2, 0.25) is 0 Å². The van der Waals surface area contributed by atoms with E-state index in [0.29, 0.717) is 36.7 Å². The molecule has 3 heterocycles. The van der Waals surface area contributed by atoms with Gasteiger partial charge in [-0.25, -0.2) is 14.3 Å². The fraction of sp³-hybridized carbons (Fsp3) is 0.286. The Labute approximate surface area is 270 Å². The van der Waals surface area contributed by atoms with Crippen LogP contribution in [0.15, 0.2) is 88.5 Å². The van der Waals surface area contributed by atoms with Gasteiger partial charge in [0.15, 0.2) is 11.2 Å². The minimum absolute atomic E-state index is 0.165. The van der Waals surface area contributed by atoms with Gasteiger partial charge in [-0.1, -0.05) is 99.6 Å². The molecule has 0 bridgehead atoms. The first-order valence-corrected chi connectivity index (χ1v) is 15.4. The first-order valence-electron chi connectivity index (χ1n) is 15.4. The molecule has 0 aliphatic heterocycles. The molecule has 3 aromatic heterocycles. The van der Waals surface area contributed by atoms with E-state index in [9.17, 15) is 14.4 Å². The van der Waals surface area contributed by atoms with Gasteiger partial charge in [-0.2, -0.15) is 5.21 Å². The number of carbonyl (C=O) groups excluding carboxylic acids is 1. The van der Waals surface area contributed by atoms with Crippen LogP contribution in [0, 0.1) is 5.41 Å². The van der Waals surface area contributed by atoms with Crippen LogP contribution in [0.25, 0.3) is 33.7 Å². The number of aromatic nitrogens is 8. The Morgan fingerprint density at radius 3 is 2.21 bits per heavy atom. The van der Waals surface area contributed by atoms with Crippen molar-refractivity contribution in [1.29, 1.82) is 0 Å². The Morgan fingerprint density at radius 2 is 1.55 bits per heavy atom. The third-order valence-corrected chi connectivity index (χ3v) is 7.98. The van der Waals surface area contributed by atoms with Crippen LogP contribution in [0.4, 0.5) is 0 Å². The zero-order valence-corrected chi connectivity index (χ0v) is 26.8. The molecule has 12 nitrogen and oxygen atoms in total. The van der Waals surface area contributed by atoms with Crippen LogP contribution >= 0.6 is 0 Å². The lowest BCUT2D eigenvalue weighted by molar-refractivity contribution is -0.141. The smallest absolute Gasteiger partial charge is 0.333 e. The number of H-pyrrole nitrogens is 1. The highest BCUT2D eigenvalue weighted by Crippen LogP contribution is 2.30. The van der Waals surface area contributed by atoms with E-state index in [1.54, 1.807) is 0 Å². The molecule has 6 aromatic rings. The van der Waals surface area contributed by atoms with E-state index in [4.69, 9.17) is 9.72 Å². The number of aromatic amines is 1. The number of imidazole rings is 1. The molecule has 240 valence electrons. The molecule has 0 spiro atoms. The van der Waals surface area contributed by atoms with Crippen molar-refractivity contribution >= 4 is 17.1 Å². The van der Waals surface area contributed by atoms with Gasteiger partial charge in [-0.05, 0) is 39.3 Å². The number of aryl methyl sites for hydroxylation is 2. The summed E-state index contributed by atoms with van der Waals surface area (Å²) in [5, 5.41) is 14.5. The van der Waals surface area contributed by atoms with Crippen molar-refractivity contribution in [3.05, 3.63) is 117 Å². The first kappa shape index (κ1) is 31.3. The number of hydrogen-bond acceptors (Lipinski definition) is 8. The van der Waals surface area contributed by atoms with Gasteiger partial charge in [0, 0.05) is 25.1 Å². The number of hydrogen-bond donors (Lipinski definition) is 1. The largest absolute Gasteiger partial charge is 0.468 e. The van der Waals surface area contributed by atoms with Gasteiger partial charge in [0.2, 0.25) is 5.82 Å². The Bertz CT molecular complexity index is 2140. The zero-order chi connectivity index (χ0) is 33.1. The lowest BCUT2D eigenvalue weighted by atomic mass is 9.92. The molecule has 0 saturated carbocycles. The monoisotopic (exact) mass is 632 g/mol. The number of esters is 1. The average Bonchev–Trinajstić information content (AvgIpc) is 3.72. The summed E-state index contributed by atoms with van der Waals surface area (Å²) in [5.74, 6) is 0.499. The molecule has 47 heavy (non-hydrogen) atoms. The van der Waals surface area contributed by atoms with Crippen LogP contribution in [-0.4, -0.2) is 52.4 Å². The van der Waals surface area contributed by atoms with E-state index in [1.807, 2.05) is 83.4 Å². The van der Waals surface area contributed by atoms with Crippen molar-refractivity contribution in [3.63, 3.8) is 0 Å². The quantitative estimate of drug-likeness (QED) is 0.221. The van der Waals surface area contributed by atoms with E-state index in [2.05, 4.69) is 41.4 Å². The molecule has 0 saturated heterocycles. The molecule has 0 aliphatic carbocycles. The van der Waals surface area contributed by atoms with Crippen LogP contribution in [0.3, 0.4) is 0 Å². The molecule has 0 radical (unpaired) electrons. The number of ether oxygens (including phenoxy) is 1. The number of carbonyl (C=O) groups is 1. The van der Waals surface area contributed by atoms with Crippen molar-refractivity contribution in [2.24, 2.45) is 5.41 Å². The highest BCUT2D eigenvalue weighted by molar-refractivity contribution is 5.80. The minimum atomic E-state index is -0.684. The molecule has 0 aliphatic rings. The van der Waals surface area contributed by atoms with E-state index in [-0.39, 0.29) is 17.5 Å². The third-order valence-electron chi connectivity index (χ3n) is 7.98.